The van der Waals surface area contributed by atoms with Crippen molar-refractivity contribution < 1.29 is 9.90 Å². The van der Waals surface area contributed by atoms with Gasteiger partial charge >= 0.3 is 6.03 Å². The van der Waals surface area contributed by atoms with Gasteiger partial charge < -0.3 is 15.7 Å². The molecule has 0 spiro atoms. The first-order chi connectivity index (χ1) is 7.93. The Morgan fingerprint density at radius 1 is 1.35 bits per heavy atom. The van der Waals surface area contributed by atoms with Crippen molar-refractivity contribution in [2.24, 2.45) is 0 Å². The van der Waals surface area contributed by atoms with E-state index in [9.17, 15) is 9.90 Å². The maximum atomic E-state index is 11.3. The standard InChI is InChI=1S/C12H17ClN2O2/c1-12(2,17)9-3-5-10(6-4-9)15-11(16)14-8-7-13/h3-6,17H,7-8H2,1-2H3,(H2,14,15,16). The molecule has 0 aliphatic carbocycles. The summed E-state index contributed by atoms with van der Waals surface area (Å²) in [6.07, 6.45) is 0. The van der Waals surface area contributed by atoms with Crippen molar-refractivity contribution in [1.82, 2.24) is 5.32 Å². The summed E-state index contributed by atoms with van der Waals surface area (Å²) in [5, 5.41) is 15.0. The van der Waals surface area contributed by atoms with Crippen molar-refractivity contribution in [1.29, 1.82) is 0 Å². The van der Waals surface area contributed by atoms with Gasteiger partial charge in [-0.2, -0.15) is 0 Å². The average Bonchev–Trinajstić information content (AvgIpc) is 2.26. The van der Waals surface area contributed by atoms with Crippen LogP contribution in [-0.2, 0) is 5.60 Å². The number of rotatable bonds is 4. The number of anilines is 1. The fourth-order valence-corrected chi connectivity index (χ4v) is 1.39. The molecule has 17 heavy (non-hydrogen) atoms. The number of amides is 2. The van der Waals surface area contributed by atoms with Gasteiger partial charge in [0.25, 0.3) is 0 Å². The number of aliphatic hydroxyl groups is 1. The van der Waals surface area contributed by atoms with E-state index in [0.717, 1.165) is 5.56 Å². The van der Waals surface area contributed by atoms with Crippen LogP contribution in [0.5, 0.6) is 0 Å². The maximum absolute atomic E-state index is 11.3. The summed E-state index contributed by atoms with van der Waals surface area (Å²) in [7, 11) is 0. The molecule has 0 saturated heterocycles. The molecular weight excluding hydrogens is 240 g/mol. The molecular formula is C12H17ClN2O2. The van der Waals surface area contributed by atoms with E-state index in [0.29, 0.717) is 18.1 Å². The van der Waals surface area contributed by atoms with Crippen molar-refractivity contribution in [3.05, 3.63) is 29.8 Å². The highest BCUT2D eigenvalue weighted by Gasteiger charge is 2.15. The van der Waals surface area contributed by atoms with Crippen LogP contribution in [0.25, 0.3) is 0 Å². The number of halogens is 1. The van der Waals surface area contributed by atoms with E-state index in [4.69, 9.17) is 11.6 Å². The van der Waals surface area contributed by atoms with Crippen LogP contribution in [0, 0.1) is 0 Å². The van der Waals surface area contributed by atoms with Gasteiger partial charge in [-0.05, 0) is 31.5 Å². The van der Waals surface area contributed by atoms with Crippen LogP contribution >= 0.6 is 11.6 Å². The van der Waals surface area contributed by atoms with E-state index in [1.54, 1.807) is 38.1 Å². The lowest BCUT2D eigenvalue weighted by Crippen LogP contribution is -2.30. The molecule has 1 rings (SSSR count). The summed E-state index contributed by atoms with van der Waals surface area (Å²) in [5.41, 5.74) is 0.591. The van der Waals surface area contributed by atoms with E-state index in [2.05, 4.69) is 10.6 Å². The zero-order valence-corrected chi connectivity index (χ0v) is 10.7. The van der Waals surface area contributed by atoms with E-state index < -0.39 is 5.60 Å². The van der Waals surface area contributed by atoms with Gasteiger partial charge in [0.1, 0.15) is 0 Å². The predicted octanol–water partition coefficient (Wildman–Crippen LogP) is 2.27. The average molecular weight is 257 g/mol. The predicted molar refractivity (Wildman–Crippen MR) is 69.4 cm³/mol. The molecule has 0 aliphatic heterocycles. The molecule has 94 valence electrons. The molecule has 0 aromatic heterocycles. The summed E-state index contributed by atoms with van der Waals surface area (Å²) in [6, 6.07) is 6.75. The van der Waals surface area contributed by atoms with E-state index in [1.807, 2.05) is 0 Å². The fourth-order valence-electron chi connectivity index (χ4n) is 1.30. The lowest BCUT2D eigenvalue weighted by Gasteiger charge is -2.18. The smallest absolute Gasteiger partial charge is 0.319 e. The lowest BCUT2D eigenvalue weighted by atomic mass is 9.98. The van der Waals surface area contributed by atoms with Gasteiger partial charge in [0.15, 0.2) is 0 Å². The largest absolute Gasteiger partial charge is 0.386 e. The van der Waals surface area contributed by atoms with Gasteiger partial charge in [-0.15, -0.1) is 11.6 Å². The molecule has 0 fully saturated rings. The van der Waals surface area contributed by atoms with Crippen LogP contribution in [-0.4, -0.2) is 23.6 Å². The quantitative estimate of drug-likeness (QED) is 0.724. The molecule has 1 aromatic rings. The van der Waals surface area contributed by atoms with Crippen molar-refractivity contribution in [2.75, 3.05) is 17.7 Å². The van der Waals surface area contributed by atoms with Crippen LogP contribution in [0.3, 0.4) is 0 Å². The monoisotopic (exact) mass is 256 g/mol. The van der Waals surface area contributed by atoms with Crippen molar-refractivity contribution in [2.45, 2.75) is 19.4 Å². The highest BCUT2D eigenvalue weighted by atomic mass is 35.5. The highest BCUT2D eigenvalue weighted by molar-refractivity contribution is 6.18. The van der Waals surface area contributed by atoms with Crippen LogP contribution in [0.4, 0.5) is 10.5 Å². The zero-order chi connectivity index (χ0) is 12.9. The van der Waals surface area contributed by atoms with Crippen molar-refractivity contribution >= 4 is 23.3 Å². The van der Waals surface area contributed by atoms with Gasteiger partial charge in [0.2, 0.25) is 0 Å². The number of urea groups is 1. The topological polar surface area (TPSA) is 61.4 Å². The Morgan fingerprint density at radius 2 is 1.94 bits per heavy atom. The number of hydrogen-bond acceptors (Lipinski definition) is 2. The third-order valence-corrected chi connectivity index (χ3v) is 2.42. The molecule has 5 heteroatoms. The lowest BCUT2D eigenvalue weighted by molar-refractivity contribution is 0.0786. The molecule has 1 aromatic carbocycles. The molecule has 0 unspecified atom stereocenters. The second kappa shape index (κ2) is 5.89. The minimum absolute atomic E-state index is 0.290. The molecule has 0 heterocycles. The highest BCUT2D eigenvalue weighted by Crippen LogP contribution is 2.21. The number of nitrogens with one attached hydrogen (secondary N) is 2. The second-order valence-electron chi connectivity index (χ2n) is 4.21. The minimum Gasteiger partial charge on any atom is -0.386 e. The maximum Gasteiger partial charge on any atom is 0.319 e. The Balaban J connectivity index is 2.60. The molecule has 0 atom stereocenters. The summed E-state index contributed by atoms with van der Waals surface area (Å²) >= 11 is 5.45. The molecule has 0 radical (unpaired) electrons. The Hall–Kier alpha value is -1.26. The first-order valence-corrected chi connectivity index (χ1v) is 5.90. The van der Waals surface area contributed by atoms with Crippen molar-refractivity contribution in [3.63, 3.8) is 0 Å². The molecule has 0 bridgehead atoms. The normalized spacial score (nSPS) is 11.1. The second-order valence-corrected chi connectivity index (χ2v) is 4.58. The van der Waals surface area contributed by atoms with Gasteiger partial charge in [0, 0.05) is 18.1 Å². The summed E-state index contributed by atoms with van der Waals surface area (Å²) in [5.74, 6) is 0.380. The molecule has 3 N–H and O–H groups in total. The Kier molecular flexibility index (Phi) is 4.78. The summed E-state index contributed by atoms with van der Waals surface area (Å²) in [4.78, 5) is 11.3. The van der Waals surface area contributed by atoms with Gasteiger partial charge in [0.05, 0.1) is 5.60 Å². The molecule has 0 aliphatic rings. The van der Waals surface area contributed by atoms with Crippen LogP contribution in [0.15, 0.2) is 24.3 Å². The van der Waals surface area contributed by atoms with Crippen molar-refractivity contribution in [3.8, 4) is 0 Å². The van der Waals surface area contributed by atoms with E-state index in [-0.39, 0.29) is 6.03 Å². The number of carbonyl (C=O) groups is 1. The Labute approximate surface area is 106 Å². The SMILES string of the molecule is CC(C)(O)c1ccc(NC(=O)NCCCl)cc1. The van der Waals surface area contributed by atoms with Crippen LogP contribution in [0.1, 0.15) is 19.4 Å². The number of carbonyl (C=O) groups excluding carboxylic acids is 1. The number of hydrogen-bond donors (Lipinski definition) is 3. The number of alkyl halides is 1. The summed E-state index contributed by atoms with van der Waals surface area (Å²) in [6.45, 7) is 3.85. The van der Waals surface area contributed by atoms with Crippen LogP contribution < -0.4 is 10.6 Å². The van der Waals surface area contributed by atoms with Gasteiger partial charge in [-0.25, -0.2) is 4.79 Å². The van der Waals surface area contributed by atoms with E-state index >= 15 is 0 Å². The molecule has 4 nitrogen and oxygen atoms in total. The van der Waals surface area contributed by atoms with Gasteiger partial charge in [-0.1, -0.05) is 12.1 Å². The molecule has 0 saturated carbocycles. The Bertz CT molecular complexity index is 371. The zero-order valence-electron chi connectivity index (χ0n) is 9.96. The third kappa shape index (κ3) is 4.63. The Morgan fingerprint density at radius 3 is 2.41 bits per heavy atom. The van der Waals surface area contributed by atoms with Crippen LogP contribution in [0.2, 0.25) is 0 Å². The van der Waals surface area contributed by atoms with E-state index in [1.165, 1.54) is 0 Å². The fraction of sp³-hybridized carbons (Fsp3) is 0.417. The minimum atomic E-state index is -0.876. The molecule has 2 amide bonds. The van der Waals surface area contributed by atoms with Gasteiger partial charge in [-0.3, -0.25) is 0 Å². The first-order valence-electron chi connectivity index (χ1n) is 5.37. The first kappa shape index (κ1) is 13.8. The third-order valence-electron chi connectivity index (χ3n) is 2.23. The number of benzene rings is 1. The summed E-state index contributed by atoms with van der Waals surface area (Å²) < 4.78 is 0.